The van der Waals surface area contributed by atoms with Crippen LogP contribution in [0.15, 0.2) is 59.5 Å². The molecule has 2 aromatic heterocycles. The Bertz CT molecular complexity index is 1290. The highest BCUT2D eigenvalue weighted by molar-refractivity contribution is 5.74. The highest BCUT2D eigenvalue weighted by atomic mass is 16.5. The molecule has 5 rings (SSSR count). The molecule has 7 nitrogen and oxygen atoms in total. The topological polar surface area (TPSA) is 74.0 Å². The summed E-state index contributed by atoms with van der Waals surface area (Å²) >= 11 is 0. The van der Waals surface area contributed by atoms with E-state index in [1.165, 1.54) is 0 Å². The van der Waals surface area contributed by atoms with Gasteiger partial charge in [0.2, 0.25) is 5.95 Å². The molecule has 1 aliphatic rings. The molecule has 30 heavy (non-hydrogen) atoms. The Morgan fingerprint density at radius 2 is 2.00 bits per heavy atom. The molecular weight excluding hydrogens is 378 g/mol. The van der Waals surface area contributed by atoms with Crippen LogP contribution in [-0.4, -0.2) is 32.3 Å². The second-order valence-electron chi connectivity index (χ2n) is 7.72. The van der Waals surface area contributed by atoms with Gasteiger partial charge in [0.05, 0.1) is 25.5 Å². The largest absolute Gasteiger partial charge is 0.497 e. The molecule has 1 fully saturated rings. The molecule has 0 spiro atoms. The van der Waals surface area contributed by atoms with E-state index >= 15 is 0 Å². The first kappa shape index (κ1) is 18.4. The monoisotopic (exact) mass is 401 g/mol. The molecular formula is C23H23N5O2. The number of benzene rings is 2. The first-order valence-electron chi connectivity index (χ1n) is 10.1. The van der Waals surface area contributed by atoms with Crippen LogP contribution < -0.4 is 15.7 Å². The number of hydrogen-bond acceptors (Lipinski definition) is 5. The lowest BCUT2D eigenvalue weighted by Crippen LogP contribution is -2.23. The summed E-state index contributed by atoms with van der Waals surface area (Å²) in [5, 5.41) is 3.33. The van der Waals surface area contributed by atoms with E-state index in [0.29, 0.717) is 29.7 Å². The lowest BCUT2D eigenvalue weighted by Gasteiger charge is -2.06. The quantitative estimate of drug-likeness (QED) is 0.535. The van der Waals surface area contributed by atoms with Crippen LogP contribution in [0.1, 0.15) is 24.0 Å². The van der Waals surface area contributed by atoms with Gasteiger partial charge in [-0.25, -0.2) is 14.3 Å². The van der Waals surface area contributed by atoms with Gasteiger partial charge in [-0.05, 0) is 55.2 Å². The number of aryl methyl sites for hydroxylation is 1. The average molecular weight is 401 g/mol. The molecule has 2 heterocycles. The summed E-state index contributed by atoms with van der Waals surface area (Å²) in [7, 11) is 1.64. The molecule has 0 radical (unpaired) electrons. The second kappa shape index (κ2) is 7.33. The summed E-state index contributed by atoms with van der Waals surface area (Å²) in [6.45, 7) is 2.42. The van der Waals surface area contributed by atoms with E-state index in [2.05, 4.69) is 10.3 Å². The normalized spacial score (nSPS) is 13.5. The fourth-order valence-corrected chi connectivity index (χ4v) is 3.62. The van der Waals surface area contributed by atoms with Crippen LogP contribution >= 0.6 is 0 Å². The summed E-state index contributed by atoms with van der Waals surface area (Å²) in [6.07, 6.45) is 3.99. The van der Waals surface area contributed by atoms with Crippen molar-refractivity contribution >= 4 is 17.1 Å². The zero-order valence-corrected chi connectivity index (χ0v) is 17.0. The maximum Gasteiger partial charge on any atom is 0.335 e. The molecule has 7 heteroatoms. The van der Waals surface area contributed by atoms with Crippen molar-refractivity contribution in [1.82, 2.24) is 19.1 Å². The first-order chi connectivity index (χ1) is 14.6. The predicted molar refractivity (Wildman–Crippen MR) is 117 cm³/mol. The molecule has 0 amide bonds. The predicted octanol–water partition coefficient (Wildman–Crippen LogP) is 3.52. The molecule has 4 aromatic rings. The smallest absolute Gasteiger partial charge is 0.335 e. The van der Waals surface area contributed by atoms with Crippen LogP contribution in [0.2, 0.25) is 0 Å². The summed E-state index contributed by atoms with van der Waals surface area (Å²) in [5.74, 6) is 1.32. The van der Waals surface area contributed by atoms with E-state index in [4.69, 9.17) is 9.72 Å². The van der Waals surface area contributed by atoms with Crippen molar-refractivity contribution in [3.05, 3.63) is 76.3 Å². The van der Waals surface area contributed by atoms with Gasteiger partial charge in [-0.15, -0.1) is 0 Å². The Labute approximate surface area is 174 Å². The van der Waals surface area contributed by atoms with E-state index in [-0.39, 0.29) is 5.69 Å². The fraction of sp³-hybridized carbons (Fsp3) is 0.261. The summed E-state index contributed by atoms with van der Waals surface area (Å²) in [4.78, 5) is 22.7. The number of fused-ring (bicyclic) bond motifs is 1. The van der Waals surface area contributed by atoms with Gasteiger partial charge in [0.15, 0.2) is 5.65 Å². The number of aromatic nitrogens is 4. The molecule has 1 N–H and O–H groups in total. The molecule has 152 valence electrons. The van der Waals surface area contributed by atoms with Crippen LogP contribution in [0.5, 0.6) is 5.75 Å². The number of nitrogens with one attached hydrogen (secondary N) is 1. The van der Waals surface area contributed by atoms with Crippen molar-refractivity contribution < 1.29 is 4.74 Å². The third-order valence-corrected chi connectivity index (χ3v) is 5.32. The van der Waals surface area contributed by atoms with Crippen molar-refractivity contribution in [3.8, 4) is 11.4 Å². The Morgan fingerprint density at radius 3 is 2.77 bits per heavy atom. The number of ether oxygens (including phenoxy) is 1. The lowest BCUT2D eigenvalue weighted by molar-refractivity contribution is 0.414. The minimum Gasteiger partial charge on any atom is -0.497 e. The van der Waals surface area contributed by atoms with Gasteiger partial charge in [-0.2, -0.15) is 4.98 Å². The number of nitrogens with zero attached hydrogens (tertiary/aromatic N) is 4. The van der Waals surface area contributed by atoms with Crippen molar-refractivity contribution in [2.45, 2.75) is 32.4 Å². The van der Waals surface area contributed by atoms with Crippen LogP contribution in [0.3, 0.4) is 0 Å². The zero-order chi connectivity index (χ0) is 20.7. The van der Waals surface area contributed by atoms with Crippen LogP contribution in [0, 0.1) is 6.92 Å². The van der Waals surface area contributed by atoms with E-state index < -0.39 is 0 Å². The molecule has 0 aliphatic heterocycles. The maximum atomic E-state index is 13.5. The molecule has 0 unspecified atom stereocenters. The summed E-state index contributed by atoms with van der Waals surface area (Å²) in [5.41, 5.74) is 4.01. The maximum absolute atomic E-state index is 13.5. The third-order valence-electron chi connectivity index (χ3n) is 5.32. The van der Waals surface area contributed by atoms with Gasteiger partial charge in [-0.3, -0.25) is 4.57 Å². The second-order valence-corrected chi connectivity index (χ2v) is 7.72. The Balaban J connectivity index is 1.68. The summed E-state index contributed by atoms with van der Waals surface area (Å²) in [6, 6.07) is 16.0. The Morgan fingerprint density at radius 1 is 1.17 bits per heavy atom. The Hall–Kier alpha value is -3.61. The number of rotatable bonds is 6. The highest BCUT2D eigenvalue weighted by Gasteiger charge is 2.23. The van der Waals surface area contributed by atoms with E-state index in [9.17, 15) is 4.79 Å². The van der Waals surface area contributed by atoms with E-state index in [0.717, 1.165) is 35.4 Å². The van der Waals surface area contributed by atoms with Crippen LogP contribution in [0.4, 0.5) is 5.95 Å². The van der Waals surface area contributed by atoms with Gasteiger partial charge in [0.25, 0.3) is 0 Å². The molecule has 1 aliphatic carbocycles. The van der Waals surface area contributed by atoms with Gasteiger partial charge < -0.3 is 10.1 Å². The third kappa shape index (κ3) is 3.43. The number of anilines is 1. The van der Waals surface area contributed by atoms with Gasteiger partial charge >= 0.3 is 5.69 Å². The van der Waals surface area contributed by atoms with E-state index in [1.807, 2.05) is 55.5 Å². The van der Waals surface area contributed by atoms with Crippen molar-refractivity contribution in [1.29, 1.82) is 0 Å². The number of imidazole rings is 1. The van der Waals surface area contributed by atoms with Crippen molar-refractivity contribution in [2.24, 2.45) is 0 Å². The molecule has 1 saturated carbocycles. The van der Waals surface area contributed by atoms with Crippen molar-refractivity contribution in [2.75, 3.05) is 12.4 Å². The minimum atomic E-state index is -0.142. The lowest BCUT2D eigenvalue weighted by atomic mass is 10.2. The fourth-order valence-electron chi connectivity index (χ4n) is 3.62. The van der Waals surface area contributed by atoms with Crippen molar-refractivity contribution in [3.63, 3.8) is 0 Å². The molecule has 2 aromatic carbocycles. The molecule has 0 atom stereocenters. The zero-order valence-electron chi connectivity index (χ0n) is 17.0. The Kier molecular flexibility index (Phi) is 4.50. The van der Waals surface area contributed by atoms with Crippen LogP contribution in [-0.2, 0) is 6.54 Å². The SMILES string of the molecule is COc1cccc(Cn2c(=O)n(-c3cccc(C)c3)c3nc(NC4CC4)ncc32)c1. The van der Waals surface area contributed by atoms with Gasteiger partial charge in [-0.1, -0.05) is 24.3 Å². The van der Waals surface area contributed by atoms with Gasteiger partial charge in [0.1, 0.15) is 11.3 Å². The number of methoxy groups -OCH3 is 1. The van der Waals surface area contributed by atoms with Gasteiger partial charge in [0, 0.05) is 6.04 Å². The van der Waals surface area contributed by atoms with Crippen LogP contribution in [0.25, 0.3) is 16.9 Å². The van der Waals surface area contributed by atoms with E-state index in [1.54, 1.807) is 22.4 Å². The molecule has 0 saturated heterocycles. The standard InChI is InChI=1S/C23H23N5O2/c1-15-5-3-7-18(11-15)28-21-20(13-24-22(26-21)25-17-9-10-17)27(23(28)29)14-16-6-4-8-19(12-16)30-2/h3-8,11-13,17H,9-10,14H2,1-2H3,(H,24,25,26). The first-order valence-corrected chi connectivity index (χ1v) is 10.1. The molecule has 0 bridgehead atoms. The summed E-state index contributed by atoms with van der Waals surface area (Å²) < 4.78 is 8.72. The highest BCUT2D eigenvalue weighted by Crippen LogP contribution is 2.25. The average Bonchev–Trinajstić information content (AvgIpc) is 3.52. The minimum absolute atomic E-state index is 0.142. The number of hydrogen-bond donors (Lipinski definition) is 1.